The van der Waals surface area contributed by atoms with Gasteiger partial charge >= 0.3 is 0 Å². The summed E-state index contributed by atoms with van der Waals surface area (Å²) in [4.78, 5) is 8.90. The van der Waals surface area contributed by atoms with Crippen LogP contribution >= 0.6 is 0 Å². The predicted octanol–water partition coefficient (Wildman–Crippen LogP) is 2.98. The van der Waals surface area contributed by atoms with Gasteiger partial charge in [-0.15, -0.1) is 6.58 Å². The van der Waals surface area contributed by atoms with Crippen LogP contribution in [0.4, 0.5) is 0 Å². The molecule has 1 aromatic carbocycles. The highest BCUT2D eigenvalue weighted by Crippen LogP contribution is 2.05. The van der Waals surface area contributed by atoms with Crippen molar-refractivity contribution < 1.29 is 0 Å². The van der Waals surface area contributed by atoms with Crippen molar-refractivity contribution in [3.05, 3.63) is 48.6 Å². The van der Waals surface area contributed by atoms with Gasteiger partial charge in [0, 0.05) is 39.8 Å². The number of rotatable bonds is 9. The molecule has 0 bridgehead atoms. The Morgan fingerprint density at radius 3 is 2.61 bits per heavy atom. The van der Waals surface area contributed by atoms with E-state index in [9.17, 15) is 0 Å². The molecule has 1 N–H and O–H groups in total. The summed E-state index contributed by atoms with van der Waals surface area (Å²) in [6.07, 6.45) is 4.10. The molecule has 0 aromatic heterocycles. The maximum atomic E-state index is 4.37. The third kappa shape index (κ3) is 7.33. The average molecular weight is 316 g/mol. The summed E-state index contributed by atoms with van der Waals surface area (Å²) in [6, 6.07) is 11.0. The highest BCUT2D eigenvalue weighted by molar-refractivity contribution is 5.79. The summed E-state index contributed by atoms with van der Waals surface area (Å²) in [7, 11) is 6.08. The first-order valence-electron chi connectivity index (χ1n) is 8.35. The third-order valence-electron chi connectivity index (χ3n) is 4.06. The van der Waals surface area contributed by atoms with Gasteiger partial charge in [-0.2, -0.15) is 0 Å². The zero-order valence-corrected chi connectivity index (χ0v) is 15.1. The van der Waals surface area contributed by atoms with Crippen molar-refractivity contribution in [3.8, 4) is 0 Å². The molecule has 0 aliphatic carbocycles. The molecule has 0 saturated carbocycles. The van der Waals surface area contributed by atoms with Crippen molar-refractivity contribution in [1.82, 2.24) is 15.1 Å². The van der Waals surface area contributed by atoms with Crippen molar-refractivity contribution in [2.24, 2.45) is 4.99 Å². The molecule has 0 fully saturated rings. The SMILES string of the molecule is C=CCCCN(C)C(=NC)NCC(C)N(C)Cc1ccccc1. The number of aliphatic imine (C=N–C) groups is 1. The van der Waals surface area contributed by atoms with Gasteiger partial charge in [-0.1, -0.05) is 36.4 Å². The van der Waals surface area contributed by atoms with Crippen molar-refractivity contribution in [2.75, 3.05) is 34.2 Å². The van der Waals surface area contributed by atoms with Crippen molar-refractivity contribution in [1.29, 1.82) is 0 Å². The van der Waals surface area contributed by atoms with E-state index < -0.39 is 0 Å². The van der Waals surface area contributed by atoms with Crippen LogP contribution < -0.4 is 5.32 Å². The van der Waals surface area contributed by atoms with Crippen LogP contribution in [0.5, 0.6) is 0 Å². The molecule has 1 atom stereocenters. The van der Waals surface area contributed by atoms with Gasteiger partial charge in [0.1, 0.15) is 0 Å². The number of nitrogens with one attached hydrogen (secondary N) is 1. The fourth-order valence-electron chi connectivity index (χ4n) is 2.39. The van der Waals surface area contributed by atoms with E-state index in [2.05, 4.69) is 78.0 Å². The molecule has 0 saturated heterocycles. The average Bonchev–Trinajstić information content (AvgIpc) is 2.56. The first kappa shape index (κ1) is 19.2. The Balaban J connectivity index is 2.40. The van der Waals surface area contributed by atoms with Gasteiger partial charge < -0.3 is 10.2 Å². The van der Waals surface area contributed by atoms with Gasteiger partial charge in [-0.3, -0.25) is 9.89 Å². The highest BCUT2D eigenvalue weighted by atomic mass is 15.3. The third-order valence-corrected chi connectivity index (χ3v) is 4.06. The Kier molecular flexibility index (Phi) is 9.07. The Morgan fingerprint density at radius 1 is 1.30 bits per heavy atom. The fraction of sp³-hybridized carbons (Fsp3) is 0.526. The summed E-state index contributed by atoms with van der Waals surface area (Å²) >= 11 is 0. The van der Waals surface area contributed by atoms with Crippen LogP contribution in [0.25, 0.3) is 0 Å². The lowest BCUT2D eigenvalue weighted by atomic mass is 10.2. The maximum Gasteiger partial charge on any atom is 0.193 e. The summed E-state index contributed by atoms with van der Waals surface area (Å²) in [5, 5.41) is 3.47. The maximum absolute atomic E-state index is 4.37. The minimum Gasteiger partial charge on any atom is -0.355 e. The number of allylic oxidation sites excluding steroid dienone is 1. The van der Waals surface area contributed by atoms with Crippen LogP contribution in [-0.4, -0.2) is 56.0 Å². The number of unbranched alkanes of at least 4 members (excludes halogenated alkanes) is 1. The van der Waals surface area contributed by atoms with Crippen molar-refractivity contribution in [3.63, 3.8) is 0 Å². The second-order valence-electron chi connectivity index (χ2n) is 6.03. The molecule has 1 aromatic rings. The van der Waals surface area contributed by atoms with Gasteiger partial charge in [-0.05, 0) is 32.4 Å². The molecular weight excluding hydrogens is 284 g/mol. The first-order chi connectivity index (χ1) is 11.1. The number of likely N-dealkylation sites (N-methyl/N-ethyl adjacent to an activating group) is 1. The predicted molar refractivity (Wildman–Crippen MR) is 101 cm³/mol. The molecule has 0 amide bonds. The number of nitrogens with zero attached hydrogens (tertiary/aromatic N) is 3. The van der Waals surface area contributed by atoms with Gasteiger partial charge in [0.15, 0.2) is 5.96 Å². The van der Waals surface area contributed by atoms with E-state index >= 15 is 0 Å². The quantitative estimate of drug-likeness (QED) is 0.329. The number of guanidine groups is 1. The smallest absolute Gasteiger partial charge is 0.193 e. The van der Waals surface area contributed by atoms with Crippen LogP contribution in [0.3, 0.4) is 0 Å². The Bertz CT molecular complexity index is 470. The zero-order valence-electron chi connectivity index (χ0n) is 15.1. The molecule has 0 spiro atoms. The lowest BCUT2D eigenvalue weighted by Gasteiger charge is -2.28. The molecule has 4 heteroatoms. The molecule has 4 nitrogen and oxygen atoms in total. The van der Waals surface area contributed by atoms with Gasteiger partial charge in [-0.25, -0.2) is 0 Å². The molecule has 0 aliphatic heterocycles. The molecular formula is C19H32N4. The highest BCUT2D eigenvalue weighted by Gasteiger charge is 2.12. The number of hydrogen-bond donors (Lipinski definition) is 1. The minimum absolute atomic E-state index is 0.425. The normalized spacial score (nSPS) is 13.0. The topological polar surface area (TPSA) is 30.9 Å². The van der Waals surface area contributed by atoms with Gasteiger partial charge in [0.2, 0.25) is 0 Å². The first-order valence-corrected chi connectivity index (χ1v) is 8.35. The zero-order chi connectivity index (χ0) is 17.1. The summed E-state index contributed by atoms with van der Waals surface area (Å²) < 4.78 is 0. The Labute approximate surface area is 141 Å². The van der Waals surface area contributed by atoms with Crippen molar-refractivity contribution in [2.45, 2.75) is 32.4 Å². The fourth-order valence-corrected chi connectivity index (χ4v) is 2.39. The van der Waals surface area contributed by atoms with E-state index in [4.69, 9.17) is 0 Å². The molecule has 0 aliphatic rings. The minimum atomic E-state index is 0.425. The standard InChI is InChI=1S/C19H32N4/c1-6-7-11-14-22(4)19(20-3)21-15-17(2)23(5)16-18-12-9-8-10-13-18/h6,8-10,12-13,17H,1,7,11,14-16H2,2-5H3,(H,20,21). The number of benzene rings is 1. The summed E-state index contributed by atoms with van der Waals surface area (Å²) in [5.74, 6) is 0.953. The molecule has 23 heavy (non-hydrogen) atoms. The monoisotopic (exact) mass is 316 g/mol. The summed E-state index contributed by atoms with van der Waals surface area (Å²) in [5.41, 5.74) is 1.34. The Morgan fingerprint density at radius 2 is 2.00 bits per heavy atom. The van der Waals surface area contributed by atoms with Crippen LogP contribution in [0.1, 0.15) is 25.3 Å². The molecule has 0 radical (unpaired) electrons. The lowest BCUT2D eigenvalue weighted by Crippen LogP contribution is -2.45. The van der Waals surface area contributed by atoms with E-state index in [-0.39, 0.29) is 0 Å². The van der Waals surface area contributed by atoms with Crippen molar-refractivity contribution >= 4 is 5.96 Å². The van der Waals surface area contributed by atoms with Crippen LogP contribution in [0, 0.1) is 0 Å². The van der Waals surface area contributed by atoms with Gasteiger partial charge in [0.25, 0.3) is 0 Å². The van der Waals surface area contributed by atoms with E-state index in [1.54, 1.807) is 0 Å². The molecule has 0 heterocycles. The largest absolute Gasteiger partial charge is 0.355 e. The van der Waals surface area contributed by atoms with E-state index in [0.29, 0.717) is 6.04 Å². The van der Waals surface area contributed by atoms with Crippen LogP contribution in [-0.2, 0) is 6.54 Å². The second kappa shape index (κ2) is 10.8. The molecule has 1 unspecified atom stereocenters. The lowest BCUT2D eigenvalue weighted by molar-refractivity contribution is 0.248. The molecule has 1 rings (SSSR count). The van der Waals surface area contributed by atoms with Crippen LogP contribution in [0.2, 0.25) is 0 Å². The Hall–Kier alpha value is -1.81. The van der Waals surface area contributed by atoms with Gasteiger partial charge in [0.05, 0.1) is 0 Å². The summed E-state index contributed by atoms with van der Waals surface area (Å²) in [6.45, 7) is 8.82. The van der Waals surface area contributed by atoms with E-state index in [1.807, 2.05) is 13.1 Å². The second-order valence-corrected chi connectivity index (χ2v) is 6.03. The van der Waals surface area contributed by atoms with Crippen LogP contribution in [0.15, 0.2) is 48.0 Å². The number of hydrogen-bond acceptors (Lipinski definition) is 2. The van der Waals surface area contributed by atoms with E-state index in [1.165, 1.54) is 5.56 Å². The molecule has 128 valence electrons. The van der Waals surface area contributed by atoms with E-state index in [0.717, 1.165) is 38.4 Å².